The molecule has 2 atom stereocenters. The van der Waals surface area contributed by atoms with Gasteiger partial charge in [-0.3, -0.25) is 9.79 Å². The van der Waals surface area contributed by atoms with E-state index in [4.69, 9.17) is 15.5 Å². The van der Waals surface area contributed by atoms with Crippen LogP contribution in [-0.4, -0.2) is 58.7 Å². The number of pyridine rings is 1. The molecule has 4 bridgehead atoms. The summed E-state index contributed by atoms with van der Waals surface area (Å²) in [6.07, 6.45) is 7.17. The Kier molecular flexibility index (Phi) is 7.39. The SMILES string of the molecule is Nc1cccc2c1C=NCCCCNC(=O)[C@@H]1C[C@@H](CN1c1nccc3c1cnn3-c1ccc(F)cc1)Oc1cccc-2c1. The van der Waals surface area contributed by atoms with E-state index in [1.54, 1.807) is 29.2 Å². The summed E-state index contributed by atoms with van der Waals surface area (Å²) >= 11 is 0. The lowest BCUT2D eigenvalue weighted by Gasteiger charge is -2.25. The minimum Gasteiger partial charge on any atom is -0.488 e. The standard InChI is InChI=1S/C34H32FN7O2/c35-23-9-11-24(12-10-23)42-31-13-16-38-33(29(31)20-40-42)41-21-26-18-32(41)34(43)39-15-2-1-14-37-19-28-27(7-4-8-30(28)36)22-5-3-6-25(17-22)44-26/h3-13,16-17,19-20,26,32H,1-2,14-15,18,21,36H2,(H,39,43)/t26-,32-/m0/s1. The Morgan fingerprint density at radius 3 is 2.77 bits per heavy atom. The number of anilines is 2. The Morgan fingerprint density at radius 2 is 1.89 bits per heavy atom. The number of fused-ring (bicyclic) bond motifs is 7. The molecule has 2 aliphatic rings. The predicted molar refractivity (Wildman–Crippen MR) is 170 cm³/mol. The lowest BCUT2D eigenvalue weighted by molar-refractivity contribution is -0.122. The fraction of sp³-hybridized carbons (Fsp3) is 0.235. The highest BCUT2D eigenvalue weighted by Gasteiger charge is 2.39. The molecule has 1 amide bonds. The summed E-state index contributed by atoms with van der Waals surface area (Å²) in [5.74, 6) is 0.985. The molecule has 0 unspecified atom stereocenters. The number of nitrogens with zero attached hydrogens (tertiary/aromatic N) is 5. The van der Waals surface area contributed by atoms with E-state index < -0.39 is 6.04 Å². The average Bonchev–Trinajstić information content (AvgIpc) is 3.66. The van der Waals surface area contributed by atoms with Gasteiger partial charge in [-0.05, 0) is 72.5 Å². The molecule has 7 rings (SSSR count). The number of carbonyl (C=O) groups is 1. The van der Waals surface area contributed by atoms with Crippen molar-refractivity contribution in [3.63, 3.8) is 0 Å². The Bertz CT molecular complexity index is 1850. The second kappa shape index (κ2) is 11.8. The van der Waals surface area contributed by atoms with Crippen LogP contribution in [-0.2, 0) is 4.79 Å². The molecule has 3 N–H and O–H groups in total. The van der Waals surface area contributed by atoms with Gasteiger partial charge < -0.3 is 20.7 Å². The molecule has 3 aromatic carbocycles. The lowest BCUT2D eigenvalue weighted by Crippen LogP contribution is -2.44. The van der Waals surface area contributed by atoms with Gasteiger partial charge in [-0.25, -0.2) is 14.1 Å². The van der Waals surface area contributed by atoms with E-state index in [1.165, 1.54) is 12.1 Å². The molecule has 0 radical (unpaired) electrons. The van der Waals surface area contributed by atoms with Crippen molar-refractivity contribution in [3.05, 3.63) is 96.6 Å². The van der Waals surface area contributed by atoms with Gasteiger partial charge in [0.15, 0.2) is 0 Å². The summed E-state index contributed by atoms with van der Waals surface area (Å²) < 4.78 is 21.9. The summed E-state index contributed by atoms with van der Waals surface area (Å²) in [6.45, 7) is 1.64. The van der Waals surface area contributed by atoms with Crippen molar-refractivity contribution in [1.29, 1.82) is 0 Å². The number of rotatable bonds is 2. The number of halogens is 1. The number of benzene rings is 3. The molecule has 5 aromatic rings. The first-order valence-electron chi connectivity index (χ1n) is 14.8. The highest BCUT2D eigenvalue weighted by molar-refractivity contribution is 5.96. The van der Waals surface area contributed by atoms with Crippen LogP contribution in [0.5, 0.6) is 5.75 Å². The van der Waals surface area contributed by atoms with Crippen molar-refractivity contribution in [2.45, 2.75) is 31.4 Å². The predicted octanol–water partition coefficient (Wildman–Crippen LogP) is 5.16. The summed E-state index contributed by atoms with van der Waals surface area (Å²) in [7, 11) is 0. The number of nitrogens with one attached hydrogen (secondary N) is 1. The zero-order valence-corrected chi connectivity index (χ0v) is 24.1. The number of carbonyl (C=O) groups excluding carboxylic acids is 1. The van der Waals surface area contributed by atoms with E-state index in [0.717, 1.165) is 46.1 Å². The molecule has 0 saturated carbocycles. The molecule has 10 heteroatoms. The molecule has 4 heterocycles. The van der Waals surface area contributed by atoms with Gasteiger partial charge in [0.2, 0.25) is 5.91 Å². The topological polar surface area (TPSA) is 111 Å². The van der Waals surface area contributed by atoms with E-state index in [2.05, 4.69) is 15.4 Å². The van der Waals surface area contributed by atoms with Crippen LogP contribution >= 0.6 is 0 Å². The fourth-order valence-corrected chi connectivity index (χ4v) is 6.04. The number of amides is 1. The van der Waals surface area contributed by atoms with Crippen LogP contribution in [0.25, 0.3) is 27.7 Å². The third-order valence-electron chi connectivity index (χ3n) is 8.21. The molecule has 44 heavy (non-hydrogen) atoms. The second-order valence-corrected chi connectivity index (χ2v) is 11.1. The fourth-order valence-electron chi connectivity index (χ4n) is 6.04. The third kappa shape index (κ3) is 5.34. The molecule has 9 nitrogen and oxygen atoms in total. The summed E-state index contributed by atoms with van der Waals surface area (Å²) in [5.41, 5.74) is 11.4. The van der Waals surface area contributed by atoms with Gasteiger partial charge in [0.05, 0.1) is 29.3 Å². The van der Waals surface area contributed by atoms with Crippen LogP contribution < -0.4 is 20.7 Å². The van der Waals surface area contributed by atoms with E-state index in [-0.39, 0.29) is 17.8 Å². The number of hydrogen-bond donors (Lipinski definition) is 2. The van der Waals surface area contributed by atoms with Crippen LogP contribution in [0.1, 0.15) is 24.8 Å². The van der Waals surface area contributed by atoms with Crippen molar-refractivity contribution in [2.75, 3.05) is 30.3 Å². The maximum atomic E-state index is 13.6. The van der Waals surface area contributed by atoms with Crippen molar-refractivity contribution >= 4 is 34.5 Å². The van der Waals surface area contributed by atoms with E-state index in [0.29, 0.717) is 43.3 Å². The van der Waals surface area contributed by atoms with Gasteiger partial charge in [-0.1, -0.05) is 24.3 Å². The Hall–Kier alpha value is -5.25. The number of nitrogens with two attached hydrogens (primary N) is 1. The zero-order valence-electron chi connectivity index (χ0n) is 24.1. The maximum absolute atomic E-state index is 13.6. The normalized spacial score (nSPS) is 18.8. The van der Waals surface area contributed by atoms with Crippen LogP contribution in [0.15, 0.2) is 90.2 Å². The van der Waals surface area contributed by atoms with Crippen molar-refractivity contribution in [1.82, 2.24) is 20.1 Å². The third-order valence-corrected chi connectivity index (χ3v) is 8.21. The quantitative estimate of drug-likeness (QED) is 0.275. The molecule has 2 aromatic heterocycles. The minimum atomic E-state index is -0.482. The smallest absolute Gasteiger partial charge is 0.242 e. The molecule has 1 fully saturated rings. The highest BCUT2D eigenvalue weighted by atomic mass is 19.1. The number of aromatic nitrogens is 3. The molecule has 0 aliphatic carbocycles. The largest absolute Gasteiger partial charge is 0.488 e. The van der Waals surface area contributed by atoms with Gasteiger partial charge in [0, 0.05) is 43.2 Å². The molecule has 2 aliphatic heterocycles. The average molecular weight is 590 g/mol. The molecule has 1 saturated heterocycles. The second-order valence-electron chi connectivity index (χ2n) is 11.1. The van der Waals surface area contributed by atoms with Gasteiger partial charge in [-0.2, -0.15) is 5.10 Å². The van der Waals surface area contributed by atoms with Crippen LogP contribution in [0.2, 0.25) is 0 Å². The number of hydrogen-bond acceptors (Lipinski definition) is 7. The van der Waals surface area contributed by atoms with Crippen LogP contribution in [0.4, 0.5) is 15.9 Å². The number of nitrogen functional groups attached to an aromatic ring is 1. The van der Waals surface area contributed by atoms with Gasteiger partial charge >= 0.3 is 0 Å². The van der Waals surface area contributed by atoms with Crippen molar-refractivity contribution < 1.29 is 13.9 Å². The highest BCUT2D eigenvalue weighted by Crippen LogP contribution is 2.34. The molecule has 222 valence electrons. The molecular weight excluding hydrogens is 557 g/mol. The lowest BCUT2D eigenvalue weighted by atomic mass is 9.98. The van der Waals surface area contributed by atoms with E-state index >= 15 is 0 Å². The first-order valence-corrected chi connectivity index (χ1v) is 14.8. The van der Waals surface area contributed by atoms with Gasteiger partial charge in [0.25, 0.3) is 0 Å². The van der Waals surface area contributed by atoms with E-state index in [1.807, 2.05) is 59.6 Å². The monoisotopic (exact) mass is 589 g/mol. The Labute approximate surface area is 254 Å². The first kappa shape index (κ1) is 27.6. The van der Waals surface area contributed by atoms with Crippen LogP contribution in [0.3, 0.4) is 0 Å². The molecule has 0 spiro atoms. The van der Waals surface area contributed by atoms with E-state index in [9.17, 15) is 9.18 Å². The minimum absolute atomic E-state index is 0.0671. The Morgan fingerprint density at radius 1 is 1.02 bits per heavy atom. The van der Waals surface area contributed by atoms with Gasteiger partial charge in [-0.15, -0.1) is 0 Å². The number of aliphatic imine (C=N–C) groups is 1. The summed E-state index contributed by atoms with van der Waals surface area (Å²) in [4.78, 5) is 25.0. The summed E-state index contributed by atoms with van der Waals surface area (Å²) in [5, 5.41) is 8.51. The zero-order chi connectivity index (χ0) is 30.0. The van der Waals surface area contributed by atoms with Gasteiger partial charge in [0.1, 0.15) is 29.5 Å². The first-order chi connectivity index (χ1) is 21.5. The maximum Gasteiger partial charge on any atom is 0.242 e. The number of ether oxygens (including phenoxy) is 1. The van der Waals surface area contributed by atoms with Crippen molar-refractivity contribution in [2.24, 2.45) is 4.99 Å². The molecular formula is C34H32FN7O2. The van der Waals surface area contributed by atoms with Crippen molar-refractivity contribution in [3.8, 4) is 22.6 Å². The Balaban J connectivity index is 1.24. The van der Waals surface area contributed by atoms with Crippen LogP contribution in [0, 0.1) is 5.82 Å². The summed E-state index contributed by atoms with van der Waals surface area (Å²) in [6, 6.07) is 21.4.